The molecule has 192 valence electrons. The molecule has 1 heterocycles. The van der Waals surface area contributed by atoms with Gasteiger partial charge in [0, 0.05) is 29.7 Å². The SMILES string of the molecule is CO/C=C(/N=Nc1ccc(Cl)cc1Cl)O/C=N/c1ccc(C(=O)NCCCN2CCCCC2C)cc1. The fraction of sp³-hybridized carbons (Fsp3) is 0.385. The molecule has 1 aliphatic rings. The average Bonchev–Trinajstić information content (AvgIpc) is 2.87. The second kappa shape index (κ2) is 14.6. The lowest BCUT2D eigenvalue weighted by atomic mass is 10.0. The number of nitrogens with zero attached hydrogens (tertiary/aromatic N) is 4. The zero-order valence-electron chi connectivity index (χ0n) is 20.5. The minimum absolute atomic E-state index is 0.0715. The van der Waals surface area contributed by atoms with E-state index in [-0.39, 0.29) is 11.8 Å². The average molecular weight is 532 g/mol. The van der Waals surface area contributed by atoms with E-state index in [1.165, 1.54) is 39.0 Å². The first-order chi connectivity index (χ1) is 17.5. The minimum atomic E-state index is -0.0972. The van der Waals surface area contributed by atoms with Crippen LogP contribution in [0.1, 0.15) is 43.0 Å². The molecular weight excluding hydrogens is 501 g/mol. The molecule has 1 atom stereocenters. The molecule has 2 aromatic rings. The van der Waals surface area contributed by atoms with Gasteiger partial charge in [0.1, 0.15) is 11.9 Å². The third-order valence-corrected chi connectivity index (χ3v) is 6.28. The van der Waals surface area contributed by atoms with Crippen LogP contribution in [0.4, 0.5) is 11.4 Å². The number of hydrogen-bond acceptors (Lipinski definition) is 7. The third-order valence-electron chi connectivity index (χ3n) is 5.74. The number of carbonyl (C=O) groups excluding carboxylic acids is 1. The number of aliphatic imine (C=N–C) groups is 1. The molecule has 1 N–H and O–H groups in total. The van der Waals surface area contributed by atoms with Gasteiger partial charge < -0.3 is 19.7 Å². The topological polar surface area (TPSA) is 87.9 Å². The number of hydrogen-bond donors (Lipinski definition) is 1. The Morgan fingerprint density at radius 3 is 2.72 bits per heavy atom. The maximum Gasteiger partial charge on any atom is 0.274 e. The van der Waals surface area contributed by atoms with Crippen molar-refractivity contribution < 1.29 is 14.3 Å². The number of methoxy groups -OCH3 is 1. The minimum Gasteiger partial charge on any atom is -0.499 e. The Morgan fingerprint density at radius 1 is 1.19 bits per heavy atom. The van der Waals surface area contributed by atoms with Crippen LogP contribution in [0.25, 0.3) is 0 Å². The zero-order valence-corrected chi connectivity index (χ0v) is 22.0. The standard InChI is InChI=1S/C26H31Cl2N5O3/c1-19-6-3-4-14-33(19)15-5-13-29-26(34)20-7-10-22(11-8-20)30-18-36-25(17-35-2)32-31-24-12-9-21(27)16-23(24)28/h7-12,16-19H,3-6,13-15H2,1-2H3,(H,29,34)/b25-17-,30-18+,32-31?. The fourth-order valence-electron chi connectivity index (χ4n) is 3.76. The van der Waals surface area contributed by atoms with E-state index in [1.54, 1.807) is 42.5 Å². The molecule has 3 rings (SSSR count). The number of carbonyl (C=O) groups is 1. The van der Waals surface area contributed by atoms with Crippen molar-refractivity contribution in [2.75, 3.05) is 26.7 Å². The van der Waals surface area contributed by atoms with Crippen LogP contribution in [-0.2, 0) is 9.47 Å². The molecule has 0 saturated carbocycles. The van der Waals surface area contributed by atoms with Gasteiger partial charge in [-0.3, -0.25) is 4.79 Å². The van der Waals surface area contributed by atoms with Crippen molar-refractivity contribution in [3.8, 4) is 0 Å². The van der Waals surface area contributed by atoms with Crippen molar-refractivity contribution in [2.24, 2.45) is 15.2 Å². The van der Waals surface area contributed by atoms with E-state index in [9.17, 15) is 4.79 Å². The maximum absolute atomic E-state index is 12.4. The van der Waals surface area contributed by atoms with Crippen LogP contribution in [0.2, 0.25) is 10.0 Å². The first kappa shape index (κ1) is 27.6. The molecule has 2 aromatic carbocycles. The van der Waals surface area contributed by atoms with Crippen molar-refractivity contribution in [3.63, 3.8) is 0 Å². The van der Waals surface area contributed by atoms with Gasteiger partial charge in [0.05, 0.1) is 17.8 Å². The van der Waals surface area contributed by atoms with Crippen LogP contribution in [-0.4, -0.2) is 50.0 Å². The number of rotatable bonds is 11. The van der Waals surface area contributed by atoms with E-state index in [2.05, 4.69) is 32.4 Å². The van der Waals surface area contributed by atoms with Crippen molar-refractivity contribution in [1.82, 2.24) is 10.2 Å². The Bertz CT molecular complexity index is 1090. The van der Waals surface area contributed by atoms with Gasteiger partial charge in [-0.2, -0.15) is 0 Å². The molecule has 0 bridgehead atoms. The van der Waals surface area contributed by atoms with E-state index >= 15 is 0 Å². The Hall–Kier alpha value is -2.94. The summed E-state index contributed by atoms with van der Waals surface area (Å²) in [6.07, 6.45) is 7.27. The summed E-state index contributed by atoms with van der Waals surface area (Å²) in [5, 5.41) is 11.9. The number of amides is 1. The predicted octanol–water partition coefficient (Wildman–Crippen LogP) is 6.89. The molecule has 0 spiro atoms. The summed E-state index contributed by atoms with van der Waals surface area (Å²) in [5.74, 6) is -0.0257. The molecule has 0 aromatic heterocycles. The van der Waals surface area contributed by atoms with Crippen molar-refractivity contribution >= 4 is 46.9 Å². The van der Waals surface area contributed by atoms with Crippen LogP contribution in [0.5, 0.6) is 0 Å². The zero-order chi connectivity index (χ0) is 25.8. The van der Waals surface area contributed by atoms with Gasteiger partial charge in [-0.25, -0.2) is 4.99 Å². The van der Waals surface area contributed by atoms with Gasteiger partial charge in [-0.15, -0.1) is 10.2 Å². The number of benzene rings is 2. The Morgan fingerprint density at radius 2 is 2.00 bits per heavy atom. The Balaban J connectivity index is 1.46. The van der Waals surface area contributed by atoms with Gasteiger partial charge >= 0.3 is 0 Å². The normalized spacial score (nSPS) is 17.0. The number of piperidine rings is 1. The van der Waals surface area contributed by atoms with Crippen molar-refractivity contribution in [1.29, 1.82) is 0 Å². The highest BCUT2D eigenvalue weighted by Gasteiger charge is 2.17. The molecule has 0 aliphatic carbocycles. The number of likely N-dealkylation sites (tertiary alicyclic amines) is 1. The van der Waals surface area contributed by atoms with Gasteiger partial charge in [-0.05, 0) is 75.2 Å². The van der Waals surface area contributed by atoms with E-state index in [0.29, 0.717) is 39.6 Å². The second-order valence-electron chi connectivity index (χ2n) is 8.38. The summed E-state index contributed by atoms with van der Waals surface area (Å²) in [6, 6.07) is 12.4. The van der Waals surface area contributed by atoms with Crippen molar-refractivity contribution in [3.05, 3.63) is 70.2 Å². The lowest BCUT2D eigenvalue weighted by molar-refractivity contribution is 0.0949. The Kier molecular flexibility index (Phi) is 11.2. The molecule has 10 heteroatoms. The van der Waals surface area contributed by atoms with E-state index in [4.69, 9.17) is 32.7 Å². The highest BCUT2D eigenvalue weighted by Crippen LogP contribution is 2.28. The summed E-state index contributed by atoms with van der Waals surface area (Å²) in [5.41, 5.74) is 1.62. The lowest BCUT2D eigenvalue weighted by Crippen LogP contribution is -2.39. The molecule has 1 amide bonds. The summed E-state index contributed by atoms with van der Waals surface area (Å²) in [4.78, 5) is 19.2. The smallest absolute Gasteiger partial charge is 0.274 e. The van der Waals surface area contributed by atoms with E-state index < -0.39 is 0 Å². The number of ether oxygens (including phenoxy) is 2. The summed E-state index contributed by atoms with van der Waals surface area (Å²) >= 11 is 12.0. The lowest BCUT2D eigenvalue weighted by Gasteiger charge is -2.33. The first-order valence-electron chi connectivity index (χ1n) is 11.9. The first-order valence-corrected chi connectivity index (χ1v) is 12.6. The van der Waals surface area contributed by atoms with E-state index in [1.807, 2.05) is 0 Å². The number of nitrogens with one attached hydrogen (secondary N) is 1. The van der Waals surface area contributed by atoms with Gasteiger partial charge in [0.2, 0.25) is 0 Å². The number of azo groups is 1. The molecule has 1 aliphatic heterocycles. The highest BCUT2D eigenvalue weighted by molar-refractivity contribution is 6.36. The molecule has 1 saturated heterocycles. The van der Waals surface area contributed by atoms with Crippen LogP contribution in [0.15, 0.2) is 69.8 Å². The van der Waals surface area contributed by atoms with Crippen LogP contribution in [0, 0.1) is 0 Å². The maximum atomic E-state index is 12.4. The predicted molar refractivity (Wildman–Crippen MR) is 144 cm³/mol. The molecule has 36 heavy (non-hydrogen) atoms. The molecular formula is C26H31Cl2N5O3. The summed E-state index contributed by atoms with van der Waals surface area (Å²) < 4.78 is 10.4. The molecule has 1 fully saturated rings. The molecule has 1 unspecified atom stereocenters. The van der Waals surface area contributed by atoms with Crippen LogP contribution in [0.3, 0.4) is 0 Å². The highest BCUT2D eigenvalue weighted by atomic mass is 35.5. The largest absolute Gasteiger partial charge is 0.499 e. The number of halogens is 2. The Labute approximate surface area is 222 Å². The van der Waals surface area contributed by atoms with E-state index in [0.717, 1.165) is 19.5 Å². The van der Waals surface area contributed by atoms with Gasteiger partial charge in [0.25, 0.3) is 11.8 Å². The van der Waals surface area contributed by atoms with Crippen molar-refractivity contribution in [2.45, 2.75) is 38.6 Å². The van der Waals surface area contributed by atoms with Crippen LogP contribution < -0.4 is 5.32 Å². The van der Waals surface area contributed by atoms with Crippen LogP contribution >= 0.6 is 23.2 Å². The fourth-order valence-corrected chi connectivity index (χ4v) is 4.20. The third kappa shape index (κ3) is 8.93. The summed E-state index contributed by atoms with van der Waals surface area (Å²) in [6.45, 7) is 5.10. The second-order valence-corrected chi connectivity index (χ2v) is 9.22. The van der Waals surface area contributed by atoms with Gasteiger partial charge in [0.15, 0.2) is 6.40 Å². The molecule has 8 nitrogen and oxygen atoms in total. The quantitative estimate of drug-likeness (QED) is 0.112. The summed E-state index contributed by atoms with van der Waals surface area (Å²) in [7, 11) is 1.46. The molecule has 0 radical (unpaired) electrons. The van der Waals surface area contributed by atoms with Gasteiger partial charge in [-0.1, -0.05) is 29.6 Å². The monoisotopic (exact) mass is 531 g/mol.